The molecule has 1 amide bonds. The van der Waals surface area contributed by atoms with E-state index in [0.29, 0.717) is 23.9 Å². The Balaban J connectivity index is 1.60. The third-order valence-electron chi connectivity index (χ3n) is 3.41. The van der Waals surface area contributed by atoms with Gasteiger partial charge in [0.15, 0.2) is 11.5 Å². The number of carbonyl (C=O) groups is 1. The van der Waals surface area contributed by atoms with E-state index in [-0.39, 0.29) is 24.3 Å². The highest BCUT2D eigenvalue weighted by Gasteiger charge is 2.09. The molecule has 0 saturated heterocycles. The van der Waals surface area contributed by atoms with Crippen molar-refractivity contribution in [2.24, 2.45) is 0 Å². The van der Waals surface area contributed by atoms with Crippen molar-refractivity contribution < 1.29 is 13.9 Å². The maximum atomic E-state index is 12.1. The molecule has 9 nitrogen and oxygen atoms in total. The summed E-state index contributed by atoms with van der Waals surface area (Å²) in [6.07, 6.45) is 1.53. The van der Waals surface area contributed by atoms with Gasteiger partial charge in [-0.05, 0) is 31.2 Å². The standard InChI is InChI=1S/C17H17N5O4/c1-2-25-15-7-5-13(19-20-15)17(24)18-9-10-22-16(23)8-6-12(21-22)14-4-3-11-26-14/h3-8,11H,2,9-10H2,1H3,(H,18,24). The molecular weight excluding hydrogens is 338 g/mol. The van der Waals surface area contributed by atoms with Crippen molar-refractivity contribution in [3.63, 3.8) is 0 Å². The first-order valence-corrected chi connectivity index (χ1v) is 8.04. The lowest BCUT2D eigenvalue weighted by molar-refractivity contribution is 0.0945. The Morgan fingerprint density at radius 2 is 2.12 bits per heavy atom. The predicted octanol–water partition coefficient (Wildman–Crippen LogP) is 1.12. The van der Waals surface area contributed by atoms with Crippen LogP contribution in [0.4, 0.5) is 0 Å². The topological polar surface area (TPSA) is 112 Å². The van der Waals surface area contributed by atoms with Crippen molar-refractivity contribution in [2.75, 3.05) is 13.2 Å². The first kappa shape index (κ1) is 17.3. The van der Waals surface area contributed by atoms with Gasteiger partial charge >= 0.3 is 0 Å². The van der Waals surface area contributed by atoms with Crippen molar-refractivity contribution in [3.8, 4) is 17.3 Å². The van der Waals surface area contributed by atoms with Crippen LogP contribution in [0.15, 0.2) is 51.9 Å². The summed E-state index contributed by atoms with van der Waals surface area (Å²) in [7, 11) is 0. The number of hydrogen-bond donors (Lipinski definition) is 1. The van der Waals surface area contributed by atoms with Crippen LogP contribution in [0.5, 0.6) is 5.88 Å². The van der Waals surface area contributed by atoms with Gasteiger partial charge in [0.2, 0.25) is 5.88 Å². The smallest absolute Gasteiger partial charge is 0.271 e. The molecule has 3 rings (SSSR count). The van der Waals surface area contributed by atoms with Gasteiger partial charge in [-0.15, -0.1) is 10.2 Å². The first-order chi connectivity index (χ1) is 12.7. The zero-order valence-electron chi connectivity index (χ0n) is 14.1. The van der Waals surface area contributed by atoms with Crippen LogP contribution in [-0.4, -0.2) is 39.0 Å². The monoisotopic (exact) mass is 355 g/mol. The molecule has 9 heteroatoms. The number of nitrogens with zero attached hydrogens (tertiary/aromatic N) is 4. The zero-order valence-corrected chi connectivity index (χ0v) is 14.1. The van der Waals surface area contributed by atoms with Crippen molar-refractivity contribution in [2.45, 2.75) is 13.5 Å². The van der Waals surface area contributed by atoms with E-state index in [2.05, 4.69) is 20.6 Å². The number of hydrogen-bond acceptors (Lipinski definition) is 7. The van der Waals surface area contributed by atoms with E-state index in [1.165, 1.54) is 23.1 Å². The quantitative estimate of drug-likeness (QED) is 0.676. The molecule has 0 fully saturated rings. The summed E-state index contributed by atoms with van der Waals surface area (Å²) < 4.78 is 11.7. The van der Waals surface area contributed by atoms with Gasteiger partial charge in [-0.25, -0.2) is 4.68 Å². The van der Waals surface area contributed by atoms with Gasteiger partial charge in [-0.3, -0.25) is 9.59 Å². The third-order valence-corrected chi connectivity index (χ3v) is 3.41. The third kappa shape index (κ3) is 4.12. The summed E-state index contributed by atoms with van der Waals surface area (Å²) in [6, 6.07) is 9.59. The van der Waals surface area contributed by atoms with Crippen molar-refractivity contribution >= 4 is 5.91 Å². The molecule has 1 N–H and O–H groups in total. The minimum absolute atomic E-state index is 0.165. The van der Waals surface area contributed by atoms with Crippen molar-refractivity contribution in [3.05, 3.63) is 58.7 Å². The molecule has 26 heavy (non-hydrogen) atoms. The Morgan fingerprint density at radius 1 is 1.23 bits per heavy atom. The molecule has 134 valence electrons. The molecule has 3 heterocycles. The second-order valence-corrected chi connectivity index (χ2v) is 5.20. The summed E-state index contributed by atoms with van der Waals surface area (Å²) >= 11 is 0. The lowest BCUT2D eigenvalue weighted by atomic mass is 10.3. The van der Waals surface area contributed by atoms with Gasteiger partial charge in [0.05, 0.1) is 19.4 Å². The number of rotatable bonds is 7. The average Bonchev–Trinajstić information content (AvgIpc) is 3.19. The fourth-order valence-electron chi connectivity index (χ4n) is 2.20. The highest BCUT2D eigenvalue weighted by molar-refractivity contribution is 5.92. The molecule has 3 aromatic heterocycles. The molecule has 3 aromatic rings. The second-order valence-electron chi connectivity index (χ2n) is 5.20. The summed E-state index contributed by atoms with van der Waals surface area (Å²) in [5.41, 5.74) is 0.437. The van der Waals surface area contributed by atoms with Crippen LogP contribution in [0, 0.1) is 0 Å². The molecule has 0 unspecified atom stereocenters. The molecule has 0 atom stereocenters. The van der Waals surface area contributed by atoms with Crippen LogP contribution in [0.2, 0.25) is 0 Å². The number of amides is 1. The molecule has 0 aliphatic rings. The van der Waals surface area contributed by atoms with Gasteiger partial charge in [-0.1, -0.05) is 0 Å². The molecule has 0 bridgehead atoms. The number of carbonyl (C=O) groups excluding carboxylic acids is 1. The van der Waals surface area contributed by atoms with Crippen LogP contribution in [-0.2, 0) is 6.54 Å². The summed E-state index contributed by atoms with van der Waals surface area (Å²) in [4.78, 5) is 24.0. The minimum Gasteiger partial charge on any atom is -0.477 e. The summed E-state index contributed by atoms with van der Waals surface area (Å²) in [5.74, 6) is 0.526. The first-order valence-electron chi connectivity index (χ1n) is 8.04. The van der Waals surface area contributed by atoms with E-state index in [1.807, 2.05) is 6.92 Å². The molecular formula is C17H17N5O4. The zero-order chi connectivity index (χ0) is 18.4. The van der Waals surface area contributed by atoms with Crippen LogP contribution < -0.4 is 15.6 Å². The van der Waals surface area contributed by atoms with Crippen LogP contribution in [0.1, 0.15) is 17.4 Å². The van der Waals surface area contributed by atoms with E-state index in [4.69, 9.17) is 9.15 Å². The lowest BCUT2D eigenvalue weighted by Crippen LogP contribution is -2.32. The van der Waals surface area contributed by atoms with E-state index >= 15 is 0 Å². The summed E-state index contributed by atoms with van der Waals surface area (Å²) in [5, 5.41) is 14.5. The van der Waals surface area contributed by atoms with Crippen LogP contribution >= 0.6 is 0 Å². The van der Waals surface area contributed by atoms with E-state index in [0.717, 1.165) is 0 Å². The maximum Gasteiger partial charge on any atom is 0.271 e. The second kappa shape index (κ2) is 8.06. The Kier molecular flexibility index (Phi) is 5.37. The number of nitrogens with one attached hydrogen (secondary N) is 1. The van der Waals surface area contributed by atoms with Crippen molar-refractivity contribution in [1.29, 1.82) is 0 Å². The molecule has 0 aliphatic heterocycles. The predicted molar refractivity (Wildman–Crippen MR) is 91.7 cm³/mol. The SMILES string of the molecule is CCOc1ccc(C(=O)NCCn2nc(-c3ccco3)ccc2=O)nn1. The van der Waals surface area contributed by atoms with Crippen LogP contribution in [0.25, 0.3) is 11.5 Å². The Labute approximate surface area is 148 Å². The molecule has 0 aromatic carbocycles. The normalized spacial score (nSPS) is 10.5. The van der Waals surface area contributed by atoms with Gasteiger partial charge in [0.1, 0.15) is 5.69 Å². The number of ether oxygens (including phenoxy) is 1. The van der Waals surface area contributed by atoms with E-state index in [1.54, 1.807) is 24.3 Å². The number of furan rings is 1. The Hall–Kier alpha value is -3.49. The molecule has 0 saturated carbocycles. The van der Waals surface area contributed by atoms with Gasteiger partial charge in [0, 0.05) is 18.7 Å². The lowest BCUT2D eigenvalue weighted by Gasteiger charge is -2.07. The van der Waals surface area contributed by atoms with Gasteiger partial charge in [-0.2, -0.15) is 5.10 Å². The molecule has 0 aliphatic carbocycles. The highest BCUT2D eigenvalue weighted by atomic mass is 16.5. The largest absolute Gasteiger partial charge is 0.477 e. The van der Waals surface area contributed by atoms with Gasteiger partial charge in [0.25, 0.3) is 11.5 Å². The van der Waals surface area contributed by atoms with Gasteiger partial charge < -0.3 is 14.5 Å². The summed E-state index contributed by atoms with van der Waals surface area (Å²) in [6.45, 7) is 2.73. The fourth-order valence-corrected chi connectivity index (χ4v) is 2.20. The minimum atomic E-state index is -0.393. The highest BCUT2D eigenvalue weighted by Crippen LogP contribution is 2.14. The Morgan fingerprint density at radius 3 is 2.81 bits per heavy atom. The van der Waals surface area contributed by atoms with E-state index in [9.17, 15) is 9.59 Å². The van der Waals surface area contributed by atoms with E-state index < -0.39 is 5.91 Å². The number of aromatic nitrogens is 4. The van der Waals surface area contributed by atoms with Crippen molar-refractivity contribution in [1.82, 2.24) is 25.3 Å². The average molecular weight is 355 g/mol. The maximum absolute atomic E-state index is 12.1. The Bertz CT molecular complexity index is 919. The molecule has 0 spiro atoms. The molecule has 0 radical (unpaired) electrons. The fraction of sp³-hybridized carbons (Fsp3) is 0.235. The van der Waals surface area contributed by atoms with Crippen LogP contribution in [0.3, 0.4) is 0 Å².